The molecule has 112 valence electrons. The molecule has 0 radical (unpaired) electrons. The van der Waals surface area contributed by atoms with Crippen molar-refractivity contribution >= 4 is 25.8 Å². The highest BCUT2D eigenvalue weighted by Crippen LogP contribution is 2.26. The summed E-state index contributed by atoms with van der Waals surface area (Å²) in [4.78, 5) is 3.56. The number of nitrogens with zero attached hydrogens (tertiary/aromatic N) is 1. The van der Waals surface area contributed by atoms with E-state index in [0.717, 1.165) is 22.9 Å². The van der Waals surface area contributed by atoms with Gasteiger partial charge < -0.3 is 4.74 Å². The number of rotatable bonds is 4. The summed E-state index contributed by atoms with van der Waals surface area (Å²) in [5.74, 6) is -2.79. The van der Waals surface area contributed by atoms with Crippen LogP contribution in [0.4, 0.5) is 8.78 Å². The minimum Gasteiger partial charge on any atom is -0.481 e. The summed E-state index contributed by atoms with van der Waals surface area (Å²) in [7, 11) is -3.69. The molecule has 1 aromatic heterocycles. The molecule has 0 aliphatic rings. The van der Waals surface area contributed by atoms with Crippen LogP contribution in [0, 0.1) is 11.6 Å². The SMILES string of the molecule is CS(=O)(=O)c1cc(F)c(OCc2ccc(Br)cn2)c(F)c1. The molecule has 0 bridgehead atoms. The second-order valence-electron chi connectivity index (χ2n) is 4.24. The van der Waals surface area contributed by atoms with E-state index in [-0.39, 0.29) is 6.61 Å². The van der Waals surface area contributed by atoms with Crippen molar-refractivity contribution in [1.29, 1.82) is 0 Å². The molecule has 0 atom stereocenters. The maximum atomic E-state index is 13.8. The standard InChI is InChI=1S/C13H10BrF2NO3S/c1-21(18,19)10-4-11(15)13(12(16)5-10)20-7-9-3-2-8(14)6-17-9/h2-6H,7H2,1H3. The van der Waals surface area contributed by atoms with Crippen molar-refractivity contribution in [3.05, 3.63) is 52.3 Å². The van der Waals surface area contributed by atoms with Gasteiger partial charge in [-0.1, -0.05) is 0 Å². The van der Waals surface area contributed by atoms with Gasteiger partial charge in [-0.3, -0.25) is 4.98 Å². The Morgan fingerprint density at radius 3 is 2.33 bits per heavy atom. The van der Waals surface area contributed by atoms with Crippen molar-refractivity contribution in [2.24, 2.45) is 0 Å². The van der Waals surface area contributed by atoms with E-state index >= 15 is 0 Å². The first-order valence-corrected chi connectivity index (χ1v) is 8.38. The summed E-state index contributed by atoms with van der Waals surface area (Å²) in [6.45, 7) is -0.140. The fourth-order valence-corrected chi connectivity index (χ4v) is 2.40. The van der Waals surface area contributed by atoms with Gasteiger partial charge in [0.2, 0.25) is 0 Å². The molecule has 0 aliphatic carbocycles. The normalized spacial score (nSPS) is 11.4. The number of halogens is 3. The summed E-state index contributed by atoms with van der Waals surface area (Å²) in [6.07, 6.45) is 2.39. The maximum absolute atomic E-state index is 13.8. The first-order valence-electron chi connectivity index (χ1n) is 5.69. The Labute approximate surface area is 128 Å². The Balaban J connectivity index is 2.23. The van der Waals surface area contributed by atoms with Crippen LogP contribution in [0.2, 0.25) is 0 Å². The molecule has 8 heteroatoms. The molecule has 0 saturated carbocycles. The van der Waals surface area contributed by atoms with Gasteiger partial charge in [-0.15, -0.1) is 0 Å². The minimum atomic E-state index is -3.69. The fourth-order valence-electron chi connectivity index (χ4n) is 1.53. The topological polar surface area (TPSA) is 56.3 Å². The Morgan fingerprint density at radius 1 is 1.24 bits per heavy atom. The zero-order valence-electron chi connectivity index (χ0n) is 10.8. The van der Waals surface area contributed by atoms with Crippen LogP contribution in [0.25, 0.3) is 0 Å². The molecule has 0 saturated heterocycles. The molecule has 0 N–H and O–H groups in total. The highest BCUT2D eigenvalue weighted by molar-refractivity contribution is 9.10. The minimum absolute atomic E-state index is 0.140. The lowest BCUT2D eigenvalue weighted by atomic mass is 10.3. The lowest BCUT2D eigenvalue weighted by molar-refractivity contribution is 0.269. The largest absolute Gasteiger partial charge is 0.481 e. The predicted octanol–water partition coefficient (Wildman–Crippen LogP) is 3.10. The second kappa shape index (κ2) is 6.07. The third-order valence-corrected chi connectivity index (χ3v) is 4.11. The van der Waals surface area contributed by atoms with E-state index in [1.54, 1.807) is 12.1 Å². The van der Waals surface area contributed by atoms with E-state index in [1.807, 2.05) is 0 Å². The van der Waals surface area contributed by atoms with Crippen LogP contribution in [-0.2, 0) is 16.4 Å². The maximum Gasteiger partial charge on any atom is 0.191 e. The van der Waals surface area contributed by atoms with E-state index in [1.165, 1.54) is 6.20 Å². The van der Waals surface area contributed by atoms with Crippen molar-refractivity contribution in [2.75, 3.05) is 6.26 Å². The number of benzene rings is 1. The van der Waals surface area contributed by atoms with E-state index in [0.29, 0.717) is 5.69 Å². The van der Waals surface area contributed by atoms with Crippen molar-refractivity contribution in [2.45, 2.75) is 11.5 Å². The van der Waals surface area contributed by atoms with E-state index in [2.05, 4.69) is 20.9 Å². The van der Waals surface area contributed by atoms with Gasteiger partial charge in [0.1, 0.15) is 6.61 Å². The highest BCUT2D eigenvalue weighted by atomic mass is 79.9. The zero-order valence-corrected chi connectivity index (χ0v) is 13.2. The summed E-state index contributed by atoms with van der Waals surface area (Å²) < 4.78 is 55.8. The van der Waals surface area contributed by atoms with Gasteiger partial charge in [-0.2, -0.15) is 0 Å². The van der Waals surface area contributed by atoms with Crippen LogP contribution in [0.3, 0.4) is 0 Å². The summed E-state index contributed by atoms with van der Waals surface area (Å²) in [5, 5.41) is 0. The average molecular weight is 378 g/mol. The number of sulfone groups is 1. The molecule has 0 unspecified atom stereocenters. The van der Waals surface area contributed by atoms with E-state index in [9.17, 15) is 17.2 Å². The Bertz CT molecular complexity index is 740. The van der Waals surface area contributed by atoms with Crippen molar-refractivity contribution in [1.82, 2.24) is 4.98 Å². The smallest absolute Gasteiger partial charge is 0.191 e. The third kappa shape index (κ3) is 3.98. The van der Waals surface area contributed by atoms with Gasteiger partial charge >= 0.3 is 0 Å². The summed E-state index contributed by atoms with van der Waals surface area (Å²) in [5.41, 5.74) is 0.476. The molecule has 0 aliphatic heterocycles. The fraction of sp³-hybridized carbons (Fsp3) is 0.154. The van der Waals surface area contributed by atoms with Crippen LogP contribution < -0.4 is 4.74 Å². The summed E-state index contributed by atoms with van der Waals surface area (Å²) in [6, 6.07) is 4.79. The molecule has 4 nitrogen and oxygen atoms in total. The third-order valence-electron chi connectivity index (χ3n) is 2.55. The molecular weight excluding hydrogens is 368 g/mol. The average Bonchev–Trinajstić information content (AvgIpc) is 2.38. The van der Waals surface area contributed by atoms with Crippen LogP contribution in [0.5, 0.6) is 5.75 Å². The number of pyridine rings is 1. The van der Waals surface area contributed by atoms with Gasteiger partial charge in [-0.05, 0) is 40.2 Å². The molecule has 2 aromatic rings. The Kier molecular flexibility index (Phi) is 4.58. The molecule has 1 aromatic carbocycles. The molecule has 1 heterocycles. The van der Waals surface area contributed by atoms with Crippen LogP contribution in [0.1, 0.15) is 5.69 Å². The second-order valence-corrected chi connectivity index (χ2v) is 7.18. The van der Waals surface area contributed by atoms with Crippen LogP contribution >= 0.6 is 15.9 Å². The van der Waals surface area contributed by atoms with Gasteiger partial charge in [0, 0.05) is 16.9 Å². The summed E-state index contributed by atoms with van der Waals surface area (Å²) >= 11 is 3.21. The van der Waals surface area contributed by atoms with Crippen molar-refractivity contribution < 1.29 is 21.9 Å². The predicted molar refractivity (Wildman–Crippen MR) is 75.7 cm³/mol. The molecule has 21 heavy (non-hydrogen) atoms. The first kappa shape index (κ1) is 15.8. The van der Waals surface area contributed by atoms with Gasteiger partial charge in [0.25, 0.3) is 0 Å². The molecule has 0 spiro atoms. The van der Waals surface area contributed by atoms with Gasteiger partial charge in [0.15, 0.2) is 27.2 Å². The van der Waals surface area contributed by atoms with Crippen LogP contribution in [0.15, 0.2) is 39.8 Å². The van der Waals surface area contributed by atoms with Gasteiger partial charge in [0.05, 0.1) is 10.6 Å². The van der Waals surface area contributed by atoms with Crippen molar-refractivity contribution in [3.63, 3.8) is 0 Å². The number of aromatic nitrogens is 1. The highest BCUT2D eigenvalue weighted by Gasteiger charge is 2.17. The van der Waals surface area contributed by atoms with Crippen molar-refractivity contribution in [3.8, 4) is 5.75 Å². The lowest BCUT2D eigenvalue weighted by Crippen LogP contribution is -2.04. The lowest BCUT2D eigenvalue weighted by Gasteiger charge is -2.09. The number of hydrogen-bond acceptors (Lipinski definition) is 4. The molecule has 2 rings (SSSR count). The molecular formula is C13H10BrF2NO3S. The quantitative estimate of drug-likeness (QED) is 0.821. The number of hydrogen-bond donors (Lipinski definition) is 0. The van der Waals surface area contributed by atoms with E-state index in [4.69, 9.17) is 4.74 Å². The van der Waals surface area contributed by atoms with E-state index < -0.39 is 32.1 Å². The Hall–Kier alpha value is -1.54. The first-order chi connectivity index (χ1) is 9.77. The molecule has 0 fully saturated rings. The zero-order chi connectivity index (χ0) is 15.6. The van der Waals surface area contributed by atoms with Crippen LogP contribution in [-0.4, -0.2) is 19.7 Å². The number of ether oxygens (including phenoxy) is 1. The molecule has 0 amide bonds. The Morgan fingerprint density at radius 2 is 1.86 bits per heavy atom. The van der Waals surface area contributed by atoms with Gasteiger partial charge in [-0.25, -0.2) is 17.2 Å². The monoisotopic (exact) mass is 377 g/mol.